The molecule has 0 bridgehead atoms. The second-order valence-corrected chi connectivity index (χ2v) is 4.90. The molecular formula is C12H10N4OS. The number of thioether (sulfide) groups is 1. The maximum absolute atomic E-state index is 11.7. The number of hydrogen-bond donors (Lipinski definition) is 1. The van der Waals surface area contributed by atoms with Gasteiger partial charge in [0.1, 0.15) is 5.57 Å². The molecule has 1 unspecified atom stereocenters. The van der Waals surface area contributed by atoms with Crippen molar-refractivity contribution >= 4 is 23.5 Å². The highest BCUT2D eigenvalue weighted by Gasteiger charge is 2.28. The largest absolute Gasteiger partial charge is 0.321 e. The Balaban J connectivity index is 1.68. The van der Waals surface area contributed by atoms with E-state index in [1.807, 2.05) is 30.3 Å². The van der Waals surface area contributed by atoms with E-state index in [0.717, 1.165) is 5.75 Å². The Hall–Kier alpha value is -1.95. The summed E-state index contributed by atoms with van der Waals surface area (Å²) in [5.41, 5.74) is 1.36. The fraction of sp³-hybridized carbons (Fsp3) is 0.167. The summed E-state index contributed by atoms with van der Waals surface area (Å²) in [7, 11) is 0. The number of azo groups is 1. The number of hydrogen-bond acceptors (Lipinski definition) is 5. The lowest BCUT2D eigenvalue weighted by molar-refractivity contribution is -0.117. The molecule has 1 atom stereocenters. The summed E-state index contributed by atoms with van der Waals surface area (Å²) in [5, 5.41) is 10.3. The third kappa shape index (κ3) is 2.19. The average Bonchev–Trinajstić information content (AvgIpc) is 2.86. The van der Waals surface area contributed by atoms with Crippen LogP contribution in [-0.4, -0.2) is 17.2 Å². The summed E-state index contributed by atoms with van der Waals surface area (Å²) in [6.45, 7) is 0. The third-order valence-electron chi connectivity index (χ3n) is 2.57. The van der Waals surface area contributed by atoms with Crippen molar-refractivity contribution in [3.8, 4) is 0 Å². The Bertz CT molecular complexity index is 565. The molecule has 0 radical (unpaired) electrons. The second kappa shape index (κ2) is 4.73. The van der Waals surface area contributed by atoms with Gasteiger partial charge in [0, 0.05) is 5.75 Å². The number of aliphatic imine (C=N–C) groups is 1. The SMILES string of the molecule is O=C1NC(SCc2ccccc2)N=C2N=NC=C12. The van der Waals surface area contributed by atoms with Gasteiger partial charge >= 0.3 is 0 Å². The lowest BCUT2D eigenvalue weighted by atomic mass is 10.2. The van der Waals surface area contributed by atoms with Gasteiger partial charge in [-0.2, -0.15) is 5.11 Å². The quantitative estimate of drug-likeness (QED) is 0.902. The van der Waals surface area contributed by atoms with Gasteiger partial charge in [0.25, 0.3) is 5.91 Å². The molecule has 2 aliphatic rings. The van der Waals surface area contributed by atoms with Crippen LogP contribution in [0.3, 0.4) is 0 Å². The van der Waals surface area contributed by atoms with E-state index in [4.69, 9.17) is 0 Å². The fourth-order valence-corrected chi connectivity index (χ4v) is 2.58. The molecule has 1 N–H and O–H groups in total. The molecule has 0 saturated heterocycles. The maximum Gasteiger partial charge on any atom is 0.259 e. The molecule has 1 aromatic carbocycles. The average molecular weight is 258 g/mol. The van der Waals surface area contributed by atoms with Gasteiger partial charge in [-0.05, 0) is 5.56 Å². The van der Waals surface area contributed by atoms with Crippen molar-refractivity contribution < 1.29 is 4.79 Å². The van der Waals surface area contributed by atoms with E-state index in [0.29, 0.717) is 11.4 Å². The first-order chi connectivity index (χ1) is 8.83. The van der Waals surface area contributed by atoms with E-state index < -0.39 is 0 Å². The minimum absolute atomic E-state index is 0.157. The van der Waals surface area contributed by atoms with Crippen LogP contribution in [0.1, 0.15) is 5.56 Å². The number of amidine groups is 1. The van der Waals surface area contributed by atoms with Crippen LogP contribution in [0.15, 0.2) is 57.3 Å². The van der Waals surface area contributed by atoms with Gasteiger partial charge in [-0.15, -0.1) is 16.9 Å². The van der Waals surface area contributed by atoms with Gasteiger partial charge in [0.05, 0.1) is 6.20 Å². The number of rotatable bonds is 3. The highest BCUT2D eigenvalue weighted by molar-refractivity contribution is 7.99. The molecule has 2 aliphatic heterocycles. The van der Waals surface area contributed by atoms with Crippen molar-refractivity contribution in [3.05, 3.63) is 47.7 Å². The van der Waals surface area contributed by atoms with Crippen molar-refractivity contribution in [2.75, 3.05) is 0 Å². The van der Waals surface area contributed by atoms with Crippen LogP contribution in [0.25, 0.3) is 0 Å². The Labute approximate surface area is 108 Å². The molecule has 0 aliphatic carbocycles. The normalized spacial score (nSPS) is 21.1. The molecule has 2 heterocycles. The Morgan fingerprint density at radius 2 is 2.11 bits per heavy atom. The van der Waals surface area contributed by atoms with Gasteiger partial charge < -0.3 is 5.32 Å². The number of nitrogens with one attached hydrogen (secondary N) is 1. The molecule has 5 nitrogen and oxygen atoms in total. The van der Waals surface area contributed by atoms with Gasteiger partial charge in [0.2, 0.25) is 0 Å². The van der Waals surface area contributed by atoms with E-state index in [9.17, 15) is 4.79 Å². The smallest absolute Gasteiger partial charge is 0.259 e. The molecule has 0 fully saturated rings. The van der Waals surface area contributed by atoms with Crippen LogP contribution in [-0.2, 0) is 10.5 Å². The van der Waals surface area contributed by atoms with Crippen molar-refractivity contribution in [3.63, 3.8) is 0 Å². The van der Waals surface area contributed by atoms with Gasteiger partial charge in [0.15, 0.2) is 11.3 Å². The lowest BCUT2D eigenvalue weighted by Gasteiger charge is -2.19. The van der Waals surface area contributed by atoms with E-state index in [1.165, 1.54) is 11.8 Å². The topological polar surface area (TPSA) is 66.2 Å². The summed E-state index contributed by atoms with van der Waals surface area (Å²) in [5.74, 6) is 1.07. The highest BCUT2D eigenvalue weighted by Crippen LogP contribution is 2.23. The predicted octanol–water partition coefficient (Wildman–Crippen LogP) is 2.08. The minimum Gasteiger partial charge on any atom is -0.321 e. The molecule has 0 aromatic heterocycles. The molecule has 1 aromatic rings. The third-order valence-corrected chi connectivity index (χ3v) is 3.61. The zero-order chi connectivity index (χ0) is 12.4. The van der Waals surface area contributed by atoms with Gasteiger partial charge in [-0.3, -0.25) is 4.79 Å². The molecule has 18 heavy (non-hydrogen) atoms. The van der Waals surface area contributed by atoms with Crippen LogP contribution in [0, 0.1) is 0 Å². The zero-order valence-corrected chi connectivity index (χ0v) is 10.2. The first-order valence-corrected chi connectivity index (χ1v) is 6.53. The fourth-order valence-electron chi connectivity index (χ4n) is 1.67. The van der Waals surface area contributed by atoms with Crippen molar-refractivity contribution in [2.24, 2.45) is 15.2 Å². The number of carbonyl (C=O) groups is 1. The first-order valence-electron chi connectivity index (χ1n) is 5.48. The van der Waals surface area contributed by atoms with E-state index >= 15 is 0 Å². The molecule has 3 rings (SSSR count). The van der Waals surface area contributed by atoms with Gasteiger partial charge in [-0.25, -0.2) is 4.99 Å². The lowest BCUT2D eigenvalue weighted by Crippen LogP contribution is -2.38. The predicted molar refractivity (Wildman–Crippen MR) is 70.0 cm³/mol. The van der Waals surface area contributed by atoms with Crippen LogP contribution in [0.4, 0.5) is 0 Å². The summed E-state index contributed by atoms with van der Waals surface area (Å²) >= 11 is 1.55. The van der Waals surface area contributed by atoms with E-state index in [2.05, 4.69) is 20.5 Å². The number of nitrogens with zero attached hydrogens (tertiary/aromatic N) is 3. The van der Waals surface area contributed by atoms with E-state index in [1.54, 1.807) is 11.8 Å². The highest BCUT2D eigenvalue weighted by atomic mass is 32.2. The monoisotopic (exact) mass is 258 g/mol. The number of benzene rings is 1. The maximum atomic E-state index is 11.7. The van der Waals surface area contributed by atoms with Crippen LogP contribution < -0.4 is 5.32 Å². The molecule has 0 saturated carbocycles. The van der Waals surface area contributed by atoms with E-state index in [-0.39, 0.29) is 11.4 Å². The first kappa shape index (κ1) is 11.2. The van der Waals surface area contributed by atoms with Gasteiger partial charge in [-0.1, -0.05) is 30.3 Å². The standard InChI is InChI=1S/C12H10N4OS/c17-11-9-6-13-16-10(9)14-12(15-11)18-7-8-4-2-1-3-5-8/h1-6,12H,7H2,(H,15,17). The molecule has 1 amide bonds. The second-order valence-electron chi connectivity index (χ2n) is 3.83. The van der Waals surface area contributed by atoms with Crippen molar-refractivity contribution in [1.29, 1.82) is 0 Å². The summed E-state index contributed by atoms with van der Waals surface area (Å²) in [4.78, 5) is 16.0. The summed E-state index contributed by atoms with van der Waals surface area (Å²) in [6.07, 6.45) is 1.44. The minimum atomic E-state index is -0.290. The Kier molecular flexibility index (Phi) is 2.93. The molecular weight excluding hydrogens is 248 g/mol. The molecule has 6 heteroatoms. The Morgan fingerprint density at radius 1 is 1.28 bits per heavy atom. The molecule has 90 valence electrons. The van der Waals surface area contributed by atoms with Crippen LogP contribution >= 0.6 is 11.8 Å². The van der Waals surface area contributed by atoms with Crippen molar-refractivity contribution in [2.45, 2.75) is 11.3 Å². The zero-order valence-electron chi connectivity index (χ0n) is 9.41. The van der Waals surface area contributed by atoms with Crippen LogP contribution in [0.2, 0.25) is 0 Å². The number of carbonyl (C=O) groups excluding carboxylic acids is 1. The number of amides is 1. The number of fused-ring (bicyclic) bond motifs is 1. The summed E-state index contributed by atoms with van der Waals surface area (Å²) < 4.78 is 0. The van der Waals surface area contributed by atoms with Crippen LogP contribution in [0.5, 0.6) is 0 Å². The molecule has 0 spiro atoms. The Morgan fingerprint density at radius 3 is 2.94 bits per heavy atom. The summed E-state index contributed by atoms with van der Waals surface area (Å²) in [6, 6.07) is 10.1. The van der Waals surface area contributed by atoms with Crippen molar-refractivity contribution in [1.82, 2.24) is 5.32 Å².